The minimum Gasteiger partial charge on any atom is -0.392 e. The maximum atomic E-state index is 12.7. The molecule has 0 aromatic heterocycles. The van der Waals surface area contributed by atoms with Crippen LogP contribution in [0.3, 0.4) is 0 Å². The number of fused-ring (bicyclic) bond motifs is 3. The van der Waals surface area contributed by atoms with Gasteiger partial charge in [0.15, 0.2) is 5.78 Å². The Balaban J connectivity index is 2.20. The lowest BCUT2D eigenvalue weighted by Crippen LogP contribution is -2.49. The largest absolute Gasteiger partial charge is 0.392 e. The van der Waals surface area contributed by atoms with Gasteiger partial charge in [0.2, 0.25) is 0 Å². The summed E-state index contributed by atoms with van der Waals surface area (Å²) < 4.78 is 0. The standard InChI is InChI=1S/C21H28O3/c1-12(2)18-13(3)6-7-16-17-8-14(4)19(23)21(17,24)10-15(11-22)9-20(16,18)5/h8-9,16-18,22,24H,1,3,6-7,10-11H2,2,4-5H3/t16?,17?,18-,20-,21-/m1/s1. The van der Waals surface area contributed by atoms with E-state index < -0.39 is 5.60 Å². The molecule has 5 atom stereocenters. The van der Waals surface area contributed by atoms with Crippen molar-refractivity contribution >= 4 is 5.78 Å². The Morgan fingerprint density at radius 3 is 2.71 bits per heavy atom. The number of hydrogen-bond donors (Lipinski definition) is 2. The summed E-state index contributed by atoms with van der Waals surface area (Å²) in [4.78, 5) is 12.7. The minimum absolute atomic E-state index is 0.101. The second-order valence-corrected chi connectivity index (χ2v) is 8.22. The van der Waals surface area contributed by atoms with Crippen molar-refractivity contribution in [2.75, 3.05) is 6.61 Å². The summed E-state index contributed by atoms with van der Waals surface area (Å²) >= 11 is 0. The number of aliphatic hydroxyl groups excluding tert-OH is 1. The smallest absolute Gasteiger partial charge is 0.190 e. The van der Waals surface area contributed by atoms with Gasteiger partial charge in [-0.05, 0) is 49.2 Å². The van der Waals surface area contributed by atoms with Gasteiger partial charge >= 0.3 is 0 Å². The van der Waals surface area contributed by atoms with Crippen LogP contribution in [-0.4, -0.2) is 28.2 Å². The summed E-state index contributed by atoms with van der Waals surface area (Å²) in [6, 6.07) is 0. The molecular weight excluding hydrogens is 300 g/mol. The second kappa shape index (κ2) is 5.53. The SMILES string of the molecule is C=C(C)[C@@H]1C(=C)CCC2C3C=C(C)C(=O)[C@@]3(O)CC(CO)=C[C@]21C. The van der Waals surface area contributed by atoms with E-state index in [1.165, 1.54) is 0 Å². The third-order valence-corrected chi connectivity index (χ3v) is 6.48. The van der Waals surface area contributed by atoms with Gasteiger partial charge in [-0.2, -0.15) is 0 Å². The van der Waals surface area contributed by atoms with Crippen molar-refractivity contribution in [1.29, 1.82) is 0 Å². The van der Waals surface area contributed by atoms with Crippen molar-refractivity contribution in [3.05, 3.63) is 47.6 Å². The van der Waals surface area contributed by atoms with Crippen LogP contribution >= 0.6 is 0 Å². The topological polar surface area (TPSA) is 57.5 Å². The molecule has 1 saturated carbocycles. The molecule has 3 nitrogen and oxygen atoms in total. The molecule has 3 heteroatoms. The number of aliphatic hydroxyl groups is 2. The molecule has 130 valence electrons. The van der Waals surface area contributed by atoms with Crippen molar-refractivity contribution < 1.29 is 15.0 Å². The van der Waals surface area contributed by atoms with E-state index in [1.54, 1.807) is 6.92 Å². The van der Waals surface area contributed by atoms with Crippen LogP contribution in [-0.2, 0) is 4.79 Å². The fourth-order valence-corrected chi connectivity index (χ4v) is 5.65. The van der Waals surface area contributed by atoms with Crippen LogP contribution in [0.25, 0.3) is 0 Å². The van der Waals surface area contributed by atoms with Gasteiger partial charge in [0.1, 0.15) is 5.60 Å². The average molecular weight is 328 g/mol. The molecular formula is C21H28O3. The fourth-order valence-electron chi connectivity index (χ4n) is 5.65. The maximum Gasteiger partial charge on any atom is 0.190 e. The molecule has 0 saturated heterocycles. The molecule has 2 N–H and O–H groups in total. The molecule has 2 unspecified atom stereocenters. The van der Waals surface area contributed by atoms with Crippen LogP contribution in [0, 0.1) is 23.2 Å². The van der Waals surface area contributed by atoms with Gasteiger partial charge < -0.3 is 10.2 Å². The second-order valence-electron chi connectivity index (χ2n) is 8.22. The third-order valence-electron chi connectivity index (χ3n) is 6.48. The molecule has 0 aromatic carbocycles. The van der Waals surface area contributed by atoms with E-state index in [0.29, 0.717) is 5.57 Å². The van der Waals surface area contributed by atoms with Gasteiger partial charge in [-0.15, -0.1) is 0 Å². The lowest BCUT2D eigenvalue weighted by atomic mass is 9.54. The Morgan fingerprint density at radius 2 is 2.12 bits per heavy atom. The normalized spacial score (nSPS) is 42.0. The summed E-state index contributed by atoms with van der Waals surface area (Å²) in [5, 5.41) is 21.1. The Morgan fingerprint density at radius 1 is 1.46 bits per heavy atom. The van der Waals surface area contributed by atoms with Crippen LogP contribution in [0.4, 0.5) is 0 Å². The first-order chi connectivity index (χ1) is 11.1. The number of ketones is 1. The van der Waals surface area contributed by atoms with Gasteiger partial charge in [-0.25, -0.2) is 0 Å². The average Bonchev–Trinajstić information content (AvgIpc) is 2.64. The molecule has 0 bridgehead atoms. The number of allylic oxidation sites excluding steroid dienone is 3. The summed E-state index contributed by atoms with van der Waals surface area (Å²) in [7, 11) is 0. The van der Waals surface area contributed by atoms with Crippen LogP contribution in [0.1, 0.15) is 40.0 Å². The van der Waals surface area contributed by atoms with E-state index in [-0.39, 0.29) is 42.0 Å². The van der Waals surface area contributed by atoms with Crippen molar-refractivity contribution in [3.63, 3.8) is 0 Å². The first kappa shape index (κ1) is 17.4. The van der Waals surface area contributed by atoms with E-state index in [4.69, 9.17) is 0 Å². The van der Waals surface area contributed by atoms with E-state index in [1.807, 2.05) is 13.0 Å². The summed E-state index contributed by atoms with van der Waals surface area (Å²) in [5.41, 5.74) is 1.88. The Bertz CT molecular complexity index is 683. The molecule has 3 aliphatic carbocycles. The molecule has 24 heavy (non-hydrogen) atoms. The van der Waals surface area contributed by atoms with Gasteiger partial charge in [0, 0.05) is 18.3 Å². The zero-order valence-corrected chi connectivity index (χ0v) is 14.9. The van der Waals surface area contributed by atoms with Crippen molar-refractivity contribution in [2.24, 2.45) is 23.2 Å². The van der Waals surface area contributed by atoms with Crippen LogP contribution in [0.5, 0.6) is 0 Å². The lowest BCUT2D eigenvalue weighted by molar-refractivity contribution is -0.138. The summed E-state index contributed by atoms with van der Waals surface area (Å²) in [5.74, 6) is -0.178. The Hall–Kier alpha value is -1.45. The highest BCUT2D eigenvalue weighted by Crippen LogP contribution is 2.59. The van der Waals surface area contributed by atoms with Crippen molar-refractivity contribution in [1.82, 2.24) is 0 Å². The van der Waals surface area contributed by atoms with E-state index >= 15 is 0 Å². The molecule has 0 heterocycles. The monoisotopic (exact) mass is 328 g/mol. The zero-order chi connectivity index (χ0) is 17.9. The zero-order valence-electron chi connectivity index (χ0n) is 14.9. The fraction of sp³-hybridized carbons (Fsp3) is 0.571. The van der Waals surface area contributed by atoms with Crippen LogP contribution in [0.2, 0.25) is 0 Å². The van der Waals surface area contributed by atoms with Crippen molar-refractivity contribution in [2.45, 2.75) is 45.6 Å². The Kier molecular flexibility index (Phi) is 4.01. The maximum absolute atomic E-state index is 12.7. The predicted molar refractivity (Wildman–Crippen MR) is 95.3 cm³/mol. The molecule has 0 spiro atoms. The van der Waals surface area contributed by atoms with E-state index in [9.17, 15) is 15.0 Å². The molecule has 3 rings (SSSR count). The Labute approximate surface area is 144 Å². The highest BCUT2D eigenvalue weighted by atomic mass is 16.3. The molecule has 0 aromatic rings. The number of Topliss-reactive ketones (excluding diaryl/α,β-unsaturated/α-hetero) is 1. The predicted octanol–water partition coefficient (Wildman–Crippen LogP) is 3.35. The van der Waals surface area contributed by atoms with Crippen molar-refractivity contribution in [3.8, 4) is 0 Å². The van der Waals surface area contributed by atoms with Gasteiger partial charge in [-0.1, -0.05) is 43.4 Å². The van der Waals surface area contributed by atoms with E-state index in [2.05, 4.69) is 26.2 Å². The molecule has 3 aliphatic rings. The lowest BCUT2D eigenvalue weighted by Gasteiger charge is -2.50. The third kappa shape index (κ3) is 2.21. The van der Waals surface area contributed by atoms with Crippen LogP contribution in [0.15, 0.2) is 47.6 Å². The number of carbonyl (C=O) groups excluding carboxylic acids is 1. The van der Waals surface area contributed by atoms with E-state index in [0.717, 1.165) is 29.6 Å². The van der Waals surface area contributed by atoms with Gasteiger partial charge in [0.25, 0.3) is 0 Å². The highest BCUT2D eigenvalue weighted by molar-refractivity contribution is 6.04. The number of rotatable bonds is 2. The summed E-state index contributed by atoms with van der Waals surface area (Å²) in [6.45, 7) is 14.3. The first-order valence-corrected chi connectivity index (χ1v) is 8.75. The molecule has 0 radical (unpaired) electrons. The quantitative estimate of drug-likeness (QED) is 0.764. The molecule has 1 fully saturated rings. The minimum atomic E-state index is -1.42. The molecule has 0 aliphatic heterocycles. The number of hydrogen-bond acceptors (Lipinski definition) is 3. The highest BCUT2D eigenvalue weighted by Gasteiger charge is 2.59. The molecule has 0 amide bonds. The van der Waals surface area contributed by atoms with Crippen LogP contribution < -0.4 is 0 Å². The van der Waals surface area contributed by atoms with Gasteiger partial charge in [-0.3, -0.25) is 4.79 Å². The summed E-state index contributed by atoms with van der Waals surface area (Å²) in [6.07, 6.45) is 6.05. The first-order valence-electron chi connectivity index (χ1n) is 8.75. The van der Waals surface area contributed by atoms with Gasteiger partial charge in [0.05, 0.1) is 6.61 Å². The number of carbonyl (C=O) groups is 1.